The van der Waals surface area contributed by atoms with Crippen LogP contribution in [0.4, 0.5) is 5.82 Å². The fourth-order valence-electron chi connectivity index (χ4n) is 3.37. The van der Waals surface area contributed by atoms with Gasteiger partial charge in [-0.1, -0.05) is 5.21 Å². The first-order valence-electron chi connectivity index (χ1n) is 10.8. The molecule has 0 aliphatic heterocycles. The number of nitrogens with one attached hydrogen (secondary N) is 1. The van der Waals surface area contributed by atoms with Crippen LogP contribution in [-0.2, 0) is 0 Å². The summed E-state index contributed by atoms with van der Waals surface area (Å²) in [5, 5.41) is 19.7. The number of hydrogen-bond acceptors (Lipinski definition) is 11. The van der Waals surface area contributed by atoms with Crippen molar-refractivity contribution in [3.05, 3.63) is 53.7 Å². The summed E-state index contributed by atoms with van der Waals surface area (Å²) in [7, 11) is 3.09. The van der Waals surface area contributed by atoms with Crippen LogP contribution in [0.15, 0.2) is 52.2 Å². The number of anilines is 1. The van der Waals surface area contributed by atoms with Crippen LogP contribution in [0.2, 0.25) is 0 Å². The molecule has 13 nitrogen and oxygen atoms in total. The molecule has 0 unspecified atom stereocenters. The van der Waals surface area contributed by atoms with Crippen molar-refractivity contribution in [2.45, 2.75) is 13.8 Å². The van der Waals surface area contributed by atoms with E-state index in [0.29, 0.717) is 40.8 Å². The van der Waals surface area contributed by atoms with Gasteiger partial charge in [-0.05, 0) is 66.6 Å². The summed E-state index contributed by atoms with van der Waals surface area (Å²) in [6.45, 7) is 4.15. The van der Waals surface area contributed by atoms with Crippen LogP contribution in [-0.4, -0.2) is 57.8 Å². The average molecular weight is 492 g/mol. The van der Waals surface area contributed by atoms with Crippen LogP contribution in [0.25, 0.3) is 17.1 Å². The summed E-state index contributed by atoms with van der Waals surface area (Å²) in [5.41, 5.74) is 10.6. The first kappa shape index (κ1) is 24.2. The number of nitrogens with two attached hydrogens (primary N) is 1. The molecule has 0 fully saturated rings. The Balaban J connectivity index is 1.67. The van der Waals surface area contributed by atoms with Gasteiger partial charge in [0.15, 0.2) is 17.2 Å². The molecule has 36 heavy (non-hydrogen) atoms. The van der Waals surface area contributed by atoms with Gasteiger partial charge in [0, 0.05) is 11.1 Å². The topological polar surface area (TPSA) is 165 Å². The van der Waals surface area contributed by atoms with E-state index in [0.717, 1.165) is 5.56 Å². The third-order valence-electron chi connectivity index (χ3n) is 5.15. The van der Waals surface area contributed by atoms with Crippen LogP contribution >= 0.6 is 0 Å². The SMILES string of the molecule is CCOc1ccc(-c2c(C(=O)N/N=C(/C)c3ccc(OC)c(OC)c3)nnn2-c2nonc2N)cc1. The highest BCUT2D eigenvalue weighted by atomic mass is 16.6. The van der Waals surface area contributed by atoms with Crippen molar-refractivity contribution in [3.63, 3.8) is 0 Å². The Labute approximate surface area is 205 Å². The number of nitrogens with zero attached hydrogens (tertiary/aromatic N) is 6. The summed E-state index contributed by atoms with van der Waals surface area (Å²) in [6, 6.07) is 12.4. The van der Waals surface area contributed by atoms with Gasteiger partial charge in [-0.15, -0.1) is 5.10 Å². The number of methoxy groups -OCH3 is 2. The van der Waals surface area contributed by atoms with Gasteiger partial charge in [0.2, 0.25) is 11.6 Å². The van der Waals surface area contributed by atoms with Gasteiger partial charge in [0.25, 0.3) is 5.91 Å². The van der Waals surface area contributed by atoms with Crippen LogP contribution < -0.4 is 25.4 Å². The molecular weight excluding hydrogens is 468 g/mol. The van der Waals surface area contributed by atoms with Gasteiger partial charge >= 0.3 is 0 Å². The number of carbonyl (C=O) groups is 1. The zero-order valence-corrected chi connectivity index (χ0v) is 20.1. The lowest BCUT2D eigenvalue weighted by molar-refractivity contribution is 0.0950. The third-order valence-corrected chi connectivity index (χ3v) is 5.15. The number of rotatable bonds is 9. The highest BCUT2D eigenvalue weighted by molar-refractivity contribution is 6.02. The molecule has 1 amide bonds. The zero-order valence-electron chi connectivity index (χ0n) is 20.1. The summed E-state index contributed by atoms with van der Waals surface area (Å²) in [4.78, 5) is 13.1. The molecule has 0 spiro atoms. The zero-order chi connectivity index (χ0) is 25.7. The first-order chi connectivity index (χ1) is 17.5. The fraction of sp³-hybridized carbons (Fsp3) is 0.217. The lowest BCUT2D eigenvalue weighted by atomic mass is 10.1. The van der Waals surface area contributed by atoms with Crippen molar-refractivity contribution in [1.29, 1.82) is 0 Å². The summed E-state index contributed by atoms with van der Waals surface area (Å²) in [6.07, 6.45) is 0. The standard InChI is InChI=1S/C23H24N8O5/c1-5-35-16-9-6-14(7-10-16)20-19(26-30-31(20)22-21(24)28-36-29-22)23(32)27-25-13(2)15-8-11-17(33-3)18(12-15)34-4/h6-12H,5H2,1-4H3,(H2,24,28)(H,27,32)/b25-13-. The number of nitrogen functional groups attached to an aromatic ring is 1. The van der Waals surface area contributed by atoms with Crippen LogP contribution in [0, 0.1) is 0 Å². The number of benzene rings is 2. The minimum absolute atomic E-state index is 0.00887. The molecule has 2 aromatic carbocycles. The van der Waals surface area contributed by atoms with Gasteiger partial charge in [-0.3, -0.25) is 4.79 Å². The molecule has 4 rings (SSSR count). The molecule has 186 valence electrons. The van der Waals surface area contributed by atoms with Crippen LogP contribution in [0.1, 0.15) is 29.9 Å². The summed E-state index contributed by atoms with van der Waals surface area (Å²) < 4.78 is 22.1. The molecule has 0 saturated carbocycles. The van der Waals surface area contributed by atoms with Gasteiger partial charge in [0.1, 0.15) is 11.4 Å². The maximum absolute atomic E-state index is 13.1. The maximum atomic E-state index is 13.1. The Bertz CT molecular complexity index is 1390. The van der Waals surface area contributed by atoms with Gasteiger partial charge in [0.05, 0.1) is 26.5 Å². The van der Waals surface area contributed by atoms with Crippen molar-refractivity contribution >= 4 is 17.4 Å². The van der Waals surface area contributed by atoms with E-state index < -0.39 is 5.91 Å². The number of amides is 1. The Morgan fingerprint density at radius 2 is 1.86 bits per heavy atom. The van der Waals surface area contributed by atoms with Crippen molar-refractivity contribution in [2.75, 3.05) is 26.6 Å². The van der Waals surface area contributed by atoms with E-state index in [1.54, 1.807) is 63.6 Å². The molecule has 2 heterocycles. The molecule has 0 aliphatic carbocycles. The molecule has 0 atom stereocenters. The highest BCUT2D eigenvalue weighted by Gasteiger charge is 2.25. The summed E-state index contributed by atoms with van der Waals surface area (Å²) >= 11 is 0. The first-order valence-corrected chi connectivity index (χ1v) is 10.8. The van der Waals surface area contributed by atoms with Crippen LogP contribution in [0.3, 0.4) is 0 Å². The minimum atomic E-state index is -0.597. The molecule has 2 aromatic heterocycles. The number of hydrazone groups is 1. The van der Waals surface area contributed by atoms with Gasteiger partial charge in [-0.25, -0.2) is 10.1 Å². The van der Waals surface area contributed by atoms with Crippen molar-refractivity contribution in [3.8, 4) is 34.3 Å². The van der Waals surface area contributed by atoms with E-state index in [2.05, 4.69) is 31.2 Å². The largest absolute Gasteiger partial charge is 0.494 e. The molecule has 13 heteroatoms. The second-order valence-electron chi connectivity index (χ2n) is 7.34. The number of ether oxygens (including phenoxy) is 3. The maximum Gasteiger partial charge on any atom is 0.294 e. The molecular formula is C23H24N8O5. The van der Waals surface area contributed by atoms with Crippen molar-refractivity contribution < 1.29 is 23.6 Å². The minimum Gasteiger partial charge on any atom is -0.494 e. The molecule has 4 aromatic rings. The number of hydrogen-bond donors (Lipinski definition) is 2. The Morgan fingerprint density at radius 1 is 1.11 bits per heavy atom. The van der Waals surface area contributed by atoms with Gasteiger partial charge < -0.3 is 19.9 Å². The average Bonchev–Trinajstić information content (AvgIpc) is 3.53. The Kier molecular flexibility index (Phi) is 7.09. The predicted octanol–water partition coefficient (Wildman–Crippen LogP) is 2.47. The Hall–Kier alpha value is -4.94. The highest BCUT2D eigenvalue weighted by Crippen LogP contribution is 2.29. The normalized spacial score (nSPS) is 11.3. The quantitative estimate of drug-likeness (QED) is 0.262. The third kappa shape index (κ3) is 4.80. The van der Waals surface area contributed by atoms with Crippen molar-refractivity contribution in [2.24, 2.45) is 5.10 Å². The molecule has 3 N–H and O–H groups in total. The molecule has 0 saturated heterocycles. The van der Waals surface area contributed by atoms with E-state index in [4.69, 9.17) is 24.6 Å². The second-order valence-corrected chi connectivity index (χ2v) is 7.34. The lowest BCUT2D eigenvalue weighted by Crippen LogP contribution is -2.21. The summed E-state index contributed by atoms with van der Waals surface area (Å²) in [5.74, 6) is 1.27. The molecule has 0 radical (unpaired) electrons. The molecule has 0 aliphatic rings. The fourth-order valence-corrected chi connectivity index (χ4v) is 3.37. The predicted molar refractivity (Wildman–Crippen MR) is 129 cm³/mol. The van der Waals surface area contributed by atoms with Crippen LogP contribution in [0.5, 0.6) is 17.2 Å². The monoisotopic (exact) mass is 492 g/mol. The smallest absolute Gasteiger partial charge is 0.294 e. The van der Waals surface area contributed by atoms with Gasteiger partial charge in [-0.2, -0.15) is 9.78 Å². The number of aromatic nitrogens is 5. The van der Waals surface area contributed by atoms with Crippen molar-refractivity contribution in [1.82, 2.24) is 30.7 Å². The Morgan fingerprint density at radius 3 is 2.50 bits per heavy atom. The second kappa shape index (κ2) is 10.5. The van der Waals surface area contributed by atoms with E-state index in [1.165, 1.54) is 4.68 Å². The van der Waals surface area contributed by atoms with E-state index in [-0.39, 0.29) is 17.3 Å². The van der Waals surface area contributed by atoms with E-state index >= 15 is 0 Å². The molecule has 0 bridgehead atoms. The van der Waals surface area contributed by atoms with E-state index in [1.807, 2.05) is 6.92 Å². The number of carbonyl (C=O) groups excluding carboxylic acids is 1. The lowest BCUT2D eigenvalue weighted by Gasteiger charge is -2.10. The van der Waals surface area contributed by atoms with E-state index in [9.17, 15) is 4.79 Å².